The van der Waals surface area contributed by atoms with Crippen LogP contribution in [-0.4, -0.2) is 6.09 Å². The number of nitrogens with zero attached hydrogens (tertiary/aromatic N) is 1. The van der Waals surface area contributed by atoms with Gasteiger partial charge in [-0.2, -0.15) is 0 Å². The lowest BCUT2D eigenvalue weighted by Gasteiger charge is -2.32. The van der Waals surface area contributed by atoms with E-state index in [-0.39, 0.29) is 0 Å². The van der Waals surface area contributed by atoms with Gasteiger partial charge in [0.15, 0.2) is 0 Å². The standard InChI is InChI=1S/C13H9NO2S/c15-13(16)14-9-5-1-3-7-11(9)17-12-8-4-2-6-10(12)14/h1-8H,(H,15,16)/p-1. The molecule has 17 heavy (non-hydrogen) atoms. The van der Waals surface area contributed by atoms with Crippen molar-refractivity contribution in [1.29, 1.82) is 0 Å². The average molecular weight is 242 g/mol. The zero-order valence-corrected chi connectivity index (χ0v) is 9.61. The molecule has 0 N–H and O–H groups in total. The highest BCUT2D eigenvalue weighted by Gasteiger charge is 2.23. The van der Waals surface area contributed by atoms with E-state index in [4.69, 9.17) is 0 Å². The number of hydrogen-bond acceptors (Lipinski definition) is 3. The molecular formula is C13H8NO2S-. The van der Waals surface area contributed by atoms with Crippen LogP contribution in [-0.2, 0) is 0 Å². The van der Waals surface area contributed by atoms with Crippen LogP contribution in [0.15, 0.2) is 58.3 Å². The second-order valence-electron chi connectivity index (χ2n) is 3.64. The number of rotatable bonds is 0. The Balaban J connectivity index is 2.24. The quantitative estimate of drug-likeness (QED) is 0.713. The van der Waals surface area contributed by atoms with E-state index in [9.17, 15) is 9.90 Å². The lowest BCUT2D eigenvalue weighted by Crippen LogP contribution is -2.39. The molecule has 0 aromatic heterocycles. The molecule has 0 radical (unpaired) electrons. The van der Waals surface area contributed by atoms with E-state index in [1.165, 1.54) is 4.90 Å². The molecule has 0 saturated heterocycles. The average Bonchev–Trinajstić information content (AvgIpc) is 2.35. The fourth-order valence-corrected chi connectivity index (χ4v) is 2.96. The van der Waals surface area contributed by atoms with E-state index in [0.29, 0.717) is 11.4 Å². The van der Waals surface area contributed by atoms with Gasteiger partial charge in [0.1, 0.15) is 6.09 Å². The number of carbonyl (C=O) groups excluding carboxylic acids is 1. The van der Waals surface area contributed by atoms with Crippen molar-refractivity contribution in [3.8, 4) is 0 Å². The zero-order chi connectivity index (χ0) is 11.8. The summed E-state index contributed by atoms with van der Waals surface area (Å²) in [5, 5.41) is 11.3. The summed E-state index contributed by atoms with van der Waals surface area (Å²) in [6.07, 6.45) is -1.20. The number of amides is 1. The minimum Gasteiger partial charge on any atom is -0.529 e. The highest BCUT2D eigenvalue weighted by atomic mass is 32.2. The van der Waals surface area contributed by atoms with E-state index < -0.39 is 6.09 Å². The number of anilines is 2. The van der Waals surface area contributed by atoms with Crippen LogP contribution in [0.4, 0.5) is 16.2 Å². The largest absolute Gasteiger partial charge is 0.529 e. The van der Waals surface area contributed by atoms with Gasteiger partial charge in [-0.25, -0.2) is 0 Å². The third-order valence-electron chi connectivity index (χ3n) is 2.61. The monoisotopic (exact) mass is 242 g/mol. The fraction of sp³-hybridized carbons (Fsp3) is 0. The van der Waals surface area contributed by atoms with Crippen molar-refractivity contribution in [3.63, 3.8) is 0 Å². The van der Waals surface area contributed by atoms with E-state index in [2.05, 4.69) is 0 Å². The van der Waals surface area contributed by atoms with E-state index in [0.717, 1.165) is 9.79 Å². The van der Waals surface area contributed by atoms with E-state index in [1.54, 1.807) is 23.9 Å². The second-order valence-corrected chi connectivity index (χ2v) is 4.72. The summed E-state index contributed by atoms with van der Waals surface area (Å²) in [5.74, 6) is 0. The van der Waals surface area contributed by atoms with Crippen molar-refractivity contribution in [2.45, 2.75) is 9.79 Å². The SMILES string of the molecule is O=C([O-])N1c2ccccc2Sc2ccccc21. The highest BCUT2D eigenvalue weighted by Crippen LogP contribution is 2.47. The maximum absolute atomic E-state index is 11.3. The van der Waals surface area contributed by atoms with Crippen molar-refractivity contribution >= 4 is 29.2 Å². The highest BCUT2D eigenvalue weighted by molar-refractivity contribution is 7.99. The smallest absolute Gasteiger partial charge is 0.146 e. The predicted molar refractivity (Wildman–Crippen MR) is 64.5 cm³/mol. The van der Waals surface area contributed by atoms with Gasteiger partial charge in [-0.05, 0) is 24.3 Å². The summed E-state index contributed by atoms with van der Waals surface area (Å²) < 4.78 is 0. The Labute approximate surface area is 103 Å². The molecule has 4 heteroatoms. The summed E-state index contributed by atoms with van der Waals surface area (Å²) >= 11 is 1.57. The number of carbonyl (C=O) groups is 1. The molecule has 0 spiro atoms. The third kappa shape index (κ3) is 1.57. The van der Waals surface area contributed by atoms with Crippen molar-refractivity contribution in [1.82, 2.24) is 0 Å². The molecule has 1 aliphatic heterocycles. The Kier molecular flexibility index (Phi) is 2.30. The summed E-state index contributed by atoms with van der Waals surface area (Å²) in [4.78, 5) is 14.4. The van der Waals surface area contributed by atoms with Gasteiger partial charge in [-0.1, -0.05) is 36.0 Å². The number of hydrogen-bond donors (Lipinski definition) is 0. The van der Waals surface area contributed by atoms with Gasteiger partial charge in [0, 0.05) is 9.79 Å². The lowest BCUT2D eigenvalue weighted by atomic mass is 10.2. The van der Waals surface area contributed by atoms with E-state index >= 15 is 0 Å². The van der Waals surface area contributed by atoms with Gasteiger partial charge in [-0.15, -0.1) is 0 Å². The Morgan fingerprint density at radius 3 is 1.88 bits per heavy atom. The van der Waals surface area contributed by atoms with Crippen molar-refractivity contribution in [2.75, 3.05) is 4.90 Å². The first-order valence-electron chi connectivity index (χ1n) is 5.14. The molecule has 0 atom stereocenters. The van der Waals surface area contributed by atoms with Crippen LogP contribution >= 0.6 is 11.8 Å². The Morgan fingerprint density at radius 2 is 1.41 bits per heavy atom. The van der Waals surface area contributed by atoms with Gasteiger partial charge >= 0.3 is 0 Å². The van der Waals surface area contributed by atoms with Gasteiger partial charge in [0.25, 0.3) is 0 Å². The number of para-hydroxylation sites is 2. The first-order valence-corrected chi connectivity index (χ1v) is 5.96. The molecule has 0 unspecified atom stereocenters. The number of fused-ring (bicyclic) bond motifs is 2. The molecule has 2 aromatic carbocycles. The molecule has 0 bridgehead atoms. The third-order valence-corrected chi connectivity index (χ3v) is 3.75. The Hall–Kier alpha value is -1.94. The van der Waals surface area contributed by atoms with Gasteiger partial charge in [-0.3, -0.25) is 4.90 Å². The summed E-state index contributed by atoms with van der Waals surface area (Å²) in [6, 6.07) is 14.8. The molecule has 1 amide bonds. The van der Waals surface area contributed by atoms with Crippen LogP contribution in [0.5, 0.6) is 0 Å². The van der Waals surface area contributed by atoms with Crippen molar-refractivity contribution < 1.29 is 9.90 Å². The number of carboxylic acid groups (broad SMARTS) is 1. The summed E-state index contributed by atoms with van der Waals surface area (Å²) in [5.41, 5.74) is 1.33. The van der Waals surface area contributed by atoms with Crippen LogP contribution in [0.3, 0.4) is 0 Å². The van der Waals surface area contributed by atoms with Crippen LogP contribution < -0.4 is 10.0 Å². The maximum Gasteiger partial charge on any atom is 0.146 e. The van der Waals surface area contributed by atoms with Gasteiger partial charge < -0.3 is 9.90 Å². The second kappa shape index (κ2) is 3.82. The van der Waals surface area contributed by atoms with Gasteiger partial charge in [0.05, 0.1) is 11.4 Å². The maximum atomic E-state index is 11.3. The van der Waals surface area contributed by atoms with E-state index in [1.807, 2.05) is 36.4 Å². The van der Waals surface area contributed by atoms with Crippen molar-refractivity contribution in [3.05, 3.63) is 48.5 Å². The van der Waals surface area contributed by atoms with Crippen LogP contribution in [0.2, 0.25) is 0 Å². The molecule has 84 valence electrons. The minimum absolute atomic E-state index is 0.663. The number of benzene rings is 2. The summed E-state index contributed by atoms with van der Waals surface area (Å²) in [6.45, 7) is 0. The molecule has 3 nitrogen and oxygen atoms in total. The molecule has 3 rings (SSSR count). The minimum atomic E-state index is -1.20. The molecule has 0 aliphatic carbocycles. The predicted octanol–water partition coefficient (Wildman–Crippen LogP) is 2.63. The topological polar surface area (TPSA) is 43.4 Å². The summed E-state index contributed by atoms with van der Waals surface area (Å²) in [7, 11) is 0. The van der Waals surface area contributed by atoms with Crippen LogP contribution in [0.1, 0.15) is 0 Å². The molecule has 1 aliphatic rings. The normalized spacial score (nSPS) is 12.8. The molecule has 2 aromatic rings. The van der Waals surface area contributed by atoms with Gasteiger partial charge in [0.2, 0.25) is 0 Å². The first-order chi connectivity index (χ1) is 8.27. The van der Waals surface area contributed by atoms with Crippen LogP contribution in [0.25, 0.3) is 0 Å². The van der Waals surface area contributed by atoms with Crippen molar-refractivity contribution in [2.24, 2.45) is 0 Å². The lowest BCUT2D eigenvalue weighted by molar-refractivity contribution is -0.245. The molecule has 0 saturated carbocycles. The molecule has 0 fully saturated rings. The fourth-order valence-electron chi connectivity index (χ4n) is 1.90. The zero-order valence-electron chi connectivity index (χ0n) is 8.79. The first kappa shape index (κ1) is 10.2. The molecular weight excluding hydrogens is 234 g/mol. The Morgan fingerprint density at radius 1 is 0.941 bits per heavy atom. The molecule has 1 heterocycles. The van der Waals surface area contributed by atoms with Crippen LogP contribution in [0, 0.1) is 0 Å². The Bertz CT molecular complexity index is 552.